The van der Waals surface area contributed by atoms with Crippen molar-refractivity contribution in [2.45, 2.75) is 38.5 Å². The molecule has 4 rings (SSSR count). The topological polar surface area (TPSA) is 69.6 Å². The Balaban J connectivity index is 1.58. The molecule has 6 nitrogen and oxygen atoms in total. The smallest absolute Gasteiger partial charge is 0.337 e. The summed E-state index contributed by atoms with van der Waals surface area (Å²) in [7, 11) is 4.98. The summed E-state index contributed by atoms with van der Waals surface area (Å²) in [4.78, 5) is 24.4. The van der Waals surface area contributed by atoms with E-state index in [2.05, 4.69) is 16.1 Å². The average molecular weight is 435 g/mol. The van der Waals surface area contributed by atoms with Crippen LogP contribution in [0.25, 0.3) is 10.9 Å². The summed E-state index contributed by atoms with van der Waals surface area (Å²) in [5, 5.41) is 4.17. The van der Waals surface area contributed by atoms with E-state index in [9.17, 15) is 9.59 Å². The largest absolute Gasteiger partial charge is 0.496 e. The predicted molar refractivity (Wildman–Crippen MR) is 125 cm³/mol. The second kappa shape index (κ2) is 9.47. The number of methoxy groups -OCH3 is 2. The molecule has 0 radical (unpaired) electrons. The molecule has 1 aromatic heterocycles. The molecule has 0 bridgehead atoms. The van der Waals surface area contributed by atoms with Crippen LogP contribution in [0.2, 0.25) is 0 Å². The molecule has 6 heteroatoms. The van der Waals surface area contributed by atoms with Gasteiger partial charge in [-0.1, -0.05) is 18.9 Å². The van der Waals surface area contributed by atoms with Crippen molar-refractivity contribution in [3.63, 3.8) is 0 Å². The van der Waals surface area contributed by atoms with Crippen molar-refractivity contribution in [2.75, 3.05) is 19.5 Å². The highest BCUT2D eigenvalue weighted by Gasteiger charge is 2.19. The fourth-order valence-corrected chi connectivity index (χ4v) is 4.72. The number of carbonyl (C=O) groups is 2. The van der Waals surface area contributed by atoms with Crippen LogP contribution in [-0.2, 0) is 23.0 Å². The number of fused-ring (bicyclic) bond motifs is 1. The number of carbonyl (C=O) groups excluding carboxylic acids is 2. The van der Waals surface area contributed by atoms with E-state index in [1.54, 1.807) is 19.2 Å². The lowest BCUT2D eigenvalue weighted by Crippen LogP contribution is -2.15. The number of anilines is 1. The Morgan fingerprint density at radius 3 is 2.56 bits per heavy atom. The summed E-state index contributed by atoms with van der Waals surface area (Å²) in [5.74, 6) is 0.865. The molecule has 1 aliphatic rings. The van der Waals surface area contributed by atoms with Crippen molar-refractivity contribution in [1.29, 1.82) is 0 Å². The minimum atomic E-state index is -0.391. The molecule has 32 heavy (non-hydrogen) atoms. The number of benzene rings is 2. The Labute approximate surface area is 188 Å². The number of aromatic nitrogens is 1. The summed E-state index contributed by atoms with van der Waals surface area (Å²) in [6, 6.07) is 11.4. The second-order valence-corrected chi connectivity index (χ2v) is 8.59. The van der Waals surface area contributed by atoms with Gasteiger partial charge >= 0.3 is 5.97 Å². The third-order valence-electron chi connectivity index (χ3n) is 6.39. The van der Waals surface area contributed by atoms with Gasteiger partial charge in [-0.05, 0) is 60.2 Å². The van der Waals surface area contributed by atoms with Crippen LogP contribution in [0, 0.1) is 5.92 Å². The van der Waals surface area contributed by atoms with E-state index in [1.165, 1.54) is 20.0 Å². The molecule has 1 N–H and O–H groups in total. The quantitative estimate of drug-likeness (QED) is 0.526. The van der Waals surface area contributed by atoms with Crippen LogP contribution < -0.4 is 10.1 Å². The summed E-state index contributed by atoms with van der Waals surface area (Å²) >= 11 is 0. The van der Waals surface area contributed by atoms with Crippen LogP contribution in [0.1, 0.15) is 53.6 Å². The van der Waals surface area contributed by atoms with Crippen molar-refractivity contribution < 1.29 is 19.1 Å². The van der Waals surface area contributed by atoms with Crippen LogP contribution in [0.4, 0.5) is 5.69 Å². The summed E-state index contributed by atoms with van der Waals surface area (Å²) in [6.45, 7) is 0. The van der Waals surface area contributed by atoms with Crippen LogP contribution in [0.5, 0.6) is 5.75 Å². The first-order valence-electron chi connectivity index (χ1n) is 11.1. The maximum absolute atomic E-state index is 12.5. The first kappa shape index (κ1) is 21.9. The highest BCUT2D eigenvalue weighted by Crippen LogP contribution is 2.31. The predicted octanol–water partition coefficient (Wildman–Crippen LogP) is 5.08. The van der Waals surface area contributed by atoms with Gasteiger partial charge < -0.3 is 19.4 Å². The molecule has 0 atom stereocenters. The van der Waals surface area contributed by atoms with Gasteiger partial charge in [0.15, 0.2) is 0 Å². The molecule has 1 saturated carbocycles. The third kappa shape index (κ3) is 4.64. The zero-order valence-corrected chi connectivity index (χ0v) is 18.9. The number of aryl methyl sites for hydroxylation is 1. The van der Waals surface area contributed by atoms with E-state index in [-0.39, 0.29) is 5.91 Å². The number of rotatable bonds is 7. The van der Waals surface area contributed by atoms with Crippen molar-refractivity contribution in [3.05, 3.63) is 59.3 Å². The van der Waals surface area contributed by atoms with Gasteiger partial charge in [0.25, 0.3) is 0 Å². The molecule has 1 aliphatic carbocycles. The lowest BCUT2D eigenvalue weighted by Gasteiger charge is -2.11. The lowest BCUT2D eigenvalue weighted by molar-refractivity contribution is -0.117. The molecule has 0 spiro atoms. The van der Waals surface area contributed by atoms with Gasteiger partial charge in [0, 0.05) is 42.7 Å². The molecule has 3 aromatic rings. The van der Waals surface area contributed by atoms with E-state index in [0.717, 1.165) is 40.6 Å². The Bertz CT molecular complexity index is 1140. The van der Waals surface area contributed by atoms with Crippen molar-refractivity contribution in [3.8, 4) is 5.75 Å². The van der Waals surface area contributed by atoms with Gasteiger partial charge in [-0.25, -0.2) is 4.79 Å². The summed E-state index contributed by atoms with van der Waals surface area (Å²) < 4.78 is 12.4. The van der Waals surface area contributed by atoms with Crippen LogP contribution >= 0.6 is 0 Å². The maximum Gasteiger partial charge on any atom is 0.337 e. The van der Waals surface area contributed by atoms with E-state index in [0.29, 0.717) is 30.1 Å². The molecule has 1 heterocycles. The van der Waals surface area contributed by atoms with Gasteiger partial charge in [0.2, 0.25) is 5.91 Å². The Hall–Kier alpha value is -3.28. The number of hydrogen-bond acceptors (Lipinski definition) is 4. The van der Waals surface area contributed by atoms with Gasteiger partial charge in [-0.3, -0.25) is 4.79 Å². The summed E-state index contributed by atoms with van der Waals surface area (Å²) in [5.41, 5.74) is 4.47. The monoisotopic (exact) mass is 434 g/mol. The first-order chi connectivity index (χ1) is 15.5. The van der Waals surface area contributed by atoms with Crippen LogP contribution in [0.3, 0.4) is 0 Å². The van der Waals surface area contributed by atoms with Crippen molar-refractivity contribution >= 4 is 28.5 Å². The number of hydrogen-bond donors (Lipinski definition) is 1. The zero-order chi connectivity index (χ0) is 22.7. The standard InChI is InChI=1S/C26H30N2O4/c1-28-16-20(13-18-8-9-19(26(30)32-3)14-24(18)31-2)22-15-21(10-11-23(22)28)27-25(29)12-17-6-4-5-7-17/h8-11,14-17H,4-7,12-13H2,1-3H3,(H,27,29). The molecule has 1 fully saturated rings. The highest BCUT2D eigenvalue weighted by molar-refractivity contribution is 5.95. The van der Waals surface area contributed by atoms with Gasteiger partial charge in [-0.15, -0.1) is 0 Å². The molecule has 168 valence electrons. The molecular formula is C26H30N2O4. The lowest BCUT2D eigenvalue weighted by atomic mass is 10.0. The van der Waals surface area contributed by atoms with E-state index >= 15 is 0 Å². The van der Waals surface area contributed by atoms with Crippen LogP contribution in [-0.4, -0.2) is 30.7 Å². The van der Waals surface area contributed by atoms with Gasteiger partial charge in [0.1, 0.15) is 5.75 Å². The molecule has 0 unspecified atom stereocenters. The third-order valence-corrected chi connectivity index (χ3v) is 6.39. The number of amides is 1. The van der Waals surface area contributed by atoms with E-state index in [4.69, 9.17) is 9.47 Å². The number of nitrogens with one attached hydrogen (secondary N) is 1. The normalized spacial score (nSPS) is 14.0. The molecule has 0 saturated heterocycles. The zero-order valence-electron chi connectivity index (χ0n) is 18.9. The van der Waals surface area contributed by atoms with Gasteiger partial charge in [-0.2, -0.15) is 0 Å². The minimum absolute atomic E-state index is 0.0915. The summed E-state index contributed by atoms with van der Waals surface area (Å²) in [6.07, 6.45) is 8.13. The fraction of sp³-hybridized carbons (Fsp3) is 0.385. The molecular weight excluding hydrogens is 404 g/mol. The van der Waals surface area contributed by atoms with Crippen molar-refractivity contribution in [2.24, 2.45) is 13.0 Å². The molecule has 2 aromatic carbocycles. The van der Waals surface area contributed by atoms with E-state index < -0.39 is 5.97 Å². The van der Waals surface area contributed by atoms with Crippen LogP contribution in [0.15, 0.2) is 42.6 Å². The average Bonchev–Trinajstić information content (AvgIpc) is 3.41. The fourth-order valence-electron chi connectivity index (χ4n) is 4.72. The Kier molecular flexibility index (Phi) is 6.49. The molecule has 1 amide bonds. The first-order valence-corrected chi connectivity index (χ1v) is 11.1. The number of nitrogens with zero attached hydrogens (tertiary/aromatic N) is 1. The highest BCUT2D eigenvalue weighted by atomic mass is 16.5. The Morgan fingerprint density at radius 1 is 1.06 bits per heavy atom. The van der Waals surface area contributed by atoms with E-state index in [1.807, 2.05) is 31.3 Å². The van der Waals surface area contributed by atoms with Gasteiger partial charge in [0.05, 0.1) is 19.8 Å². The second-order valence-electron chi connectivity index (χ2n) is 8.59. The minimum Gasteiger partial charge on any atom is -0.496 e. The number of ether oxygens (including phenoxy) is 2. The SMILES string of the molecule is COC(=O)c1ccc(Cc2cn(C)c3ccc(NC(=O)CC4CCCC4)cc23)c(OC)c1. The maximum atomic E-state index is 12.5. The van der Waals surface area contributed by atoms with Crippen molar-refractivity contribution in [1.82, 2.24) is 4.57 Å². The Morgan fingerprint density at radius 2 is 1.84 bits per heavy atom. The number of esters is 1. The molecule has 0 aliphatic heterocycles.